The van der Waals surface area contributed by atoms with Gasteiger partial charge in [-0.3, -0.25) is 5.43 Å². The minimum Gasteiger partial charge on any atom is -0.372 e. The predicted molar refractivity (Wildman–Crippen MR) is 116 cm³/mol. The van der Waals surface area contributed by atoms with Crippen molar-refractivity contribution in [2.45, 2.75) is 32.6 Å². The summed E-state index contributed by atoms with van der Waals surface area (Å²) in [6.45, 7) is 10.7. The van der Waals surface area contributed by atoms with Gasteiger partial charge in [0.2, 0.25) is 10.0 Å². The first-order valence-corrected chi connectivity index (χ1v) is 11.0. The van der Waals surface area contributed by atoms with Crippen molar-refractivity contribution in [3.05, 3.63) is 48.2 Å². The van der Waals surface area contributed by atoms with E-state index in [1.165, 1.54) is 22.3 Å². The normalized spacial score (nSPS) is 11.9. The van der Waals surface area contributed by atoms with Crippen LogP contribution in [0.3, 0.4) is 0 Å². The minimum atomic E-state index is -3.50. The van der Waals surface area contributed by atoms with Crippen molar-refractivity contribution >= 4 is 27.7 Å². The monoisotopic (exact) mass is 403 g/mol. The summed E-state index contributed by atoms with van der Waals surface area (Å²) in [7, 11) is -3.50. The molecule has 0 saturated carbocycles. The van der Waals surface area contributed by atoms with Gasteiger partial charge >= 0.3 is 0 Å². The van der Waals surface area contributed by atoms with Gasteiger partial charge in [0.05, 0.1) is 6.21 Å². The van der Waals surface area contributed by atoms with Gasteiger partial charge < -0.3 is 4.90 Å². The molecule has 0 aliphatic rings. The molecule has 1 aromatic carbocycles. The molecule has 0 saturated heterocycles. The molecule has 2 rings (SSSR count). The maximum atomic E-state index is 12.5. The van der Waals surface area contributed by atoms with Crippen LogP contribution in [0.5, 0.6) is 0 Å². The van der Waals surface area contributed by atoms with Crippen LogP contribution in [-0.2, 0) is 10.0 Å². The quantitative estimate of drug-likeness (QED) is 0.486. The highest BCUT2D eigenvalue weighted by Crippen LogP contribution is 2.16. The molecule has 8 heteroatoms. The van der Waals surface area contributed by atoms with Crippen LogP contribution in [0.4, 0.5) is 11.5 Å². The molecule has 0 bridgehead atoms. The summed E-state index contributed by atoms with van der Waals surface area (Å²) in [5, 5.41) is 4.18. The first kappa shape index (κ1) is 21.8. The maximum absolute atomic E-state index is 12.5. The molecular formula is C20H29N5O2S. The third kappa shape index (κ3) is 5.30. The Balaban J connectivity index is 2.01. The zero-order valence-electron chi connectivity index (χ0n) is 17.0. The van der Waals surface area contributed by atoms with E-state index in [0.29, 0.717) is 18.9 Å². The van der Waals surface area contributed by atoms with E-state index in [2.05, 4.69) is 46.4 Å². The smallest absolute Gasteiger partial charge is 0.244 e. The van der Waals surface area contributed by atoms with Crippen molar-refractivity contribution in [1.29, 1.82) is 0 Å². The lowest BCUT2D eigenvalue weighted by Gasteiger charge is -2.20. The fourth-order valence-electron chi connectivity index (χ4n) is 2.84. The summed E-state index contributed by atoms with van der Waals surface area (Å²) in [6.07, 6.45) is 3.05. The van der Waals surface area contributed by atoms with Crippen molar-refractivity contribution in [1.82, 2.24) is 9.29 Å². The number of rotatable bonds is 10. The summed E-state index contributed by atoms with van der Waals surface area (Å²) in [5.41, 5.74) is 4.97. The largest absolute Gasteiger partial charge is 0.372 e. The Morgan fingerprint density at radius 3 is 2.11 bits per heavy atom. The topological polar surface area (TPSA) is 77.9 Å². The van der Waals surface area contributed by atoms with Gasteiger partial charge in [-0.05, 0) is 43.7 Å². The van der Waals surface area contributed by atoms with Gasteiger partial charge in [-0.2, -0.15) is 9.41 Å². The number of hydrogen-bond donors (Lipinski definition) is 1. The van der Waals surface area contributed by atoms with Crippen LogP contribution in [0.1, 0.15) is 33.3 Å². The Morgan fingerprint density at radius 2 is 1.61 bits per heavy atom. The van der Waals surface area contributed by atoms with E-state index in [9.17, 15) is 8.42 Å². The highest BCUT2D eigenvalue weighted by Gasteiger charge is 2.21. The predicted octanol–water partition coefficient (Wildman–Crippen LogP) is 3.40. The average Bonchev–Trinajstić information content (AvgIpc) is 2.71. The van der Waals surface area contributed by atoms with Gasteiger partial charge in [-0.1, -0.05) is 26.0 Å². The van der Waals surface area contributed by atoms with Crippen LogP contribution in [0.2, 0.25) is 0 Å². The van der Waals surface area contributed by atoms with Gasteiger partial charge in [0.25, 0.3) is 0 Å². The molecule has 1 N–H and O–H groups in total. The molecule has 7 nitrogen and oxygen atoms in total. The van der Waals surface area contributed by atoms with E-state index in [1.807, 2.05) is 26.0 Å². The Hall–Kier alpha value is -2.45. The standard InChI is InChI=1S/C20H29N5O2S/c1-5-24(6-2)18-11-9-17(10-12-18)15-22-23-20-14-13-19(16-21-20)28(26,27)25(7-3)8-4/h9-16H,5-8H2,1-4H3,(H,21,23)/b22-15-. The molecule has 0 spiro atoms. The molecule has 1 heterocycles. The first-order valence-electron chi connectivity index (χ1n) is 9.56. The third-order valence-electron chi connectivity index (χ3n) is 4.49. The molecular weight excluding hydrogens is 374 g/mol. The molecule has 0 fully saturated rings. The molecule has 0 radical (unpaired) electrons. The van der Waals surface area contributed by atoms with Crippen LogP contribution >= 0.6 is 0 Å². The zero-order chi connectivity index (χ0) is 20.6. The number of pyridine rings is 1. The molecule has 1 aromatic heterocycles. The number of hydrogen-bond acceptors (Lipinski definition) is 6. The highest BCUT2D eigenvalue weighted by atomic mass is 32.2. The Kier molecular flexibility index (Phi) is 7.95. The molecule has 2 aromatic rings. The fraction of sp³-hybridized carbons (Fsp3) is 0.400. The second-order valence-corrected chi connectivity index (χ2v) is 8.04. The molecule has 0 atom stereocenters. The van der Waals surface area contributed by atoms with Gasteiger partial charge in [0.15, 0.2) is 0 Å². The number of hydrazone groups is 1. The number of aromatic nitrogens is 1. The van der Waals surface area contributed by atoms with E-state index in [0.717, 1.165) is 18.7 Å². The van der Waals surface area contributed by atoms with Crippen LogP contribution in [0, 0.1) is 0 Å². The van der Waals surface area contributed by atoms with Crippen LogP contribution in [0.15, 0.2) is 52.6 Å². The SMILES string of the molecule is CCN(CC)c1ccc(/C=N\Nc2ccc(S(=O)(=O)N(CC)CC)cn2)cc1. The van der Waals surface area contributed by atoms with Gasteiger partial charge in [0.1, 0.15) is 10.7 Å². The molecule has 0 amide bonds. The number of nitrogens with one attached hydrogen (secondary N) is 1. The average molecular weight is 404 g/mol. The van der Waals surface area contributed by atoms with Gasteiger partial charge in [0, 0.05) is 38.1 Å². The Bertz CT molecular complexity index is 856. The van der Waals surface area contributed by atoms with Crippen molar-refractivity contribution in [3.8, 4) is 0 Å². The maximum Gasteiger partial charge on any atom is 0.244 e. The van der Waals surface area contributed by atoms with Crippen LogP contribution in [0.25, 0.3) is 0 Å². The molecule has 28 heavy (non-hydrogen) atoms. The van der Waals surface area contributed by atoms with Gasteiger partial charge in [-0.25, -0.2) is 13.4 Å². The van der Waals surface area contributed by atoms with Crippen LogP contribution < -0.4 is 10.3 Å². The lowest BCUT2D eigenvalue weighted by Crippen LogP contribution is -2.30. The Labute approximate surface area is 168 Å². The second kappa shape index (κ2) is 10.2. The van der Waals surface area contributed by atoms with Gasteiger partial charge in [-0.15, -0.1) is 0 Å². The van der Waals surface area contributed by atoms with Crippen molar-refractivity contribution in [2.24, 2.45) is 5.10 Å². The molecule has 0 aliphatic carbocycles. The highest BCUT2D eigenvalue weighted by molar-refractivity contribution is 7.89. The zero-order valence-corrected chi connectivity index (χ0v) is 17.8. The van der Waals surface area contributed by atoms with E-state index >= 15 is 0 Å². The lowest BCUT2D eigenvalue weighted by molar-refractivity contribution is 0.445. The van der Waals surface area contributed by atoms with E-state index in [-0.39, 0.29) is 4.90 Å². The number of sulfonamides is 1. The fourth-order valence-corrected chi connectivity index (χ4v) is 4.25. The summed E-state index contributed by atoms with van der Waals surface area (Å²) < 4.78 is 26.3. The molecule has 0 aliphatic heterocycles. The van der Waals surface area contributed by atoms with Crippen molar-refractivity contribution < 1.29 is 8.42 Å². The van der Waals surface area contributed by atoms with Crippen molar-refractivity contribution in [2.75, 3.05) is 36.5 Å². The molecule has 0 unspecified atom stereocenters. The third-order valence-corrected chi connectivity index (χ3v) is 6.53. The Morgan fingerprint density at radius 1 is 0.964 bits per heavy atom. The van der Waals surface area contributed by atoms with Crippen LogP contribution in [-0.4, -0.2) is 50.1 Å². The number of benzene rings is 1. The second-order valence-electron chi connectivity index (χ2n) is 6.10. The van der Waals surface area contributed by atoms with Crippen molar-refractivity contribution in [3.63, 3.8) is 0 Å². The van der Waals surface area contributed by atoms with E-state index in [1.54, 1.807) is 12.3 Å². The lowest BCUT2D eigenvalue weighted by atomic mass is 10.2. The van der Waals surface area contributed by atoms with E-state index < -0.39 is 10.0 Å². The summed E-state index contributed by atoms with van der Waals surface area (Å²) >= 11 is 0. The van der Waals surface area contributed by atoms with E-state index in [4.69, 9.17) is 0 Å². The molecule has 152 valence electrons. The number of anilines is 2. The summed E-state index contributed by atoms with van der Waals surface area (Å²) in [6, 6.07) is 11.3. The summed E-state index contributed by atoms with van der Waals surface area (Å²) in [5.74, 6) is 0.481. The minimum absolute atomic E-state index is 0.178. The summed E-state index contributed by atoms with van der Waals surface area (Å²) in [4.78, 5) is 6.60. The number of nitrogens with zero attached hydrogens (tertiary/aromatic N) is 4. The first-order chi connectivity index (χ1) is 13.5.